The molecule has 0 aliphatic rings. The maximum Gasteiger partial charge on any atom is 0.323 e. The Hall–Kier alpha value is -4.99. The van der Waals surface area contributed by atoms with E-state index in [9.17, 15) is 9.59 Å². The number of pyridine rings is 2. The molecule has 3 aromatic heterocycles. The topological polar surface area (TPSA) is 116 Å². The molecule has 0 unspecified atom stereocenters. The first kappa shape index (κ1) is 32.4. The van der Waals surface area contributed by atoms with Crippen LogP contribution >= 0.6 is 0 Å². The van der Waals surface area contributed by atoms with E-state index in [0.29, 0.717) is 42.6 Å². The highest BCUT2D eigenvalue weighted by atomic mass is 16.5. The van der Waals surface area contributed by atoms with Crippen molar-refractivity contribution in [3.05, 3.63) is 94.9 Å². The van der Waals surface area contributed by atoms with Crippen molar-refractivity contribution < 1.29 is 9.53 Å². The van der Waals surface area contributed by atoms with Crippen molar-refractivity contribution in [2.24, 2.45) is 5.92 Å². The van der Waals surface area contributed by atoms with Gasteiger partial charge in [-0.15, -0.1) is 0 Å². The van der Waals surface area contributed by atoms with Gasteiger partial charge in [-0.05, 0) is 65.1 Å². The molecule has 0 spiro atoms. The van der Waals surface area contributed by atoms with Crippen molar-refractivity contribution in [2.45, 2.75) is 72.9 Å². The van der Waals surface area contributed by atoms with E-state index < -0.39 is 6.03 Å². The monoisotopic (exact) mass is 621 g/mol. The molecule has 10 nitrogen and oxygen atoms in total. The summed E-state index contributed by atoms with van der Waals surface area (Å²) in [6.45, 7) is 14.0. The summed E-state index contributed by atoms with van der Waals surface area (Å²) in [5.41, 5.74) is 4.61. The number of para-hydroxylation sites is 1. The molecule has 0 aliphatic heterocycles. The summed E-state index contributed by atoms with van der Waals surface area (Å²) in [5, 5.41) is 11.0. The Bertz CT molecular complexity index is 1830. The summed E-state index contributed by atoms with van der Waals surface area (Å²) in [6, 6.07) is 16.9. The minimum atomic E-state index is -0.479. The van der Waals surface area contributed by atoms with E-state index in [2.05, 4.69) is 67.2 Å². The second-order valence-electron chi connectivity index (χ2n) is 12.5. The van der Waals surface area contributed by atoms with Gasteiger partial charge in [0.25, 0.3) is 5.56 Å². The number of anilines is 2. The molecule has 0 aliphatic carbocycles. The number of ether oxygens (including phenoxy) is 1. The molecule has 0 saturated carbocycles. The Labute approximate surface area is 269 Å². The van der Waals surface area contributed by atoms with E-state index in [4.69, 9.17) is 4.74 Å². The maximum absolute atomic E-state index is 14.3. The number of carbonyl (C=O) groups is 1. The summed E-state index contributed by atoms with van der Waals surface area (Å²) in [6.07, 6.45) is 5.60. The summed E-state index contributed by atoms with van der Waals surface area (Å²) in [7, 11) is 0. The highest BCUT2D eigenvalue weighted by Crippen LogP contribution is 2.36. The average Bonchev–Trinajstić information content (AvgIpc) is 3.54. The van der Waals surface area contributed by atoms with Crippen LogP contribution in [-0.2, 0) is 13.1 Å². The fourth-order valence-electron chi connectivity index (χ4n) is 5.59. The molecule has 5 aromatic rings. The van der Waals surface area contributed by atoms with Gasteiger partial charge in [-0.25, -0.2) is 19.4 Å². The van der Waals surface area contributed by atoms with Gasteiger partial charge in [-0.2, -0.15) is 5.10 Å². The molecule has 3 heterocycles. The van der Waals surface area contributed by atoms with Crippen LogP contribution in [0, 0.1) is 5.92 Å². The Morgan fingerprint density at radius 2 is 1.61 bits per heavy atom. The predicted octanol–water partition coefficient (Wildman–Crippen LogP) is 7.67. The molecule has 2 amide bonds. The van der Waals surface area contributed by atoms with E-state index in [-0.39, 0.29) is 23.1 Å². The van der Waals surface area contributed by atoms with Gasteiger partial charge in [-0.1, -0.05) is 71.9 Å². The van der Waals surface area contributed by atoms with Crippen molar-refractivity contribution >= 4 is 28.4 Å². The average molecular weight is 622 g/mol. The van der Waals surface area contributed by atoms with Gasteiger partial charge < -0.3 is 15.4 Å². The predicted molar refractivity (Wildman–Crippen MR) is 184 cm³/mol. The fraction of sp³-hybridized carbons (Fsp3) is 0.361. The Morgan fingerprint density at radius 3 is 2.28 bits per heavy atom. The van der Waals surface area contributed by atoms with Crippen LogP contribution in [0.25, 0.3) is 22.2 Å². The summed E-state index contributed by atoms with van der Waals surface area (Å²) >= 11 is 0. The van der Waals surface area contributed by atoms with Crippen LogP contribution in [0.4, 0.5) is 16.2 Å². The Balaban J connectivity index is 1.59. The number of hydrogen-bond donors (Lipinski definition) is 2. The first-order valence-corrected chi connectivity index (χ1v) is 15.9. The summed E-state index contributed by atoms with van der Waals surface area (Å²) < 4.78 is 9.43. The number of urea groups is 1. The van der Waals surface area contributed by atoms with Crippen LogP contribution in [-0.4, -0.2) is 37.0 Å². The molecule has 2 N–H and O–H groups in total. The van der Waals surface area contributed by atoms with Crippen LogP contribution < -0.4 is 20.9 Å². The fourth-order valence-corrected chi connectivity index (χ4v) is 5.59. The van der Waals surface area contributed by atoms with Crippen molar-refractivity contribution in [1.82, 2.24) is 24.3 Å². The first-order chi connectivity index (χ1) is 22.1. The van der Waals surface area contributed by atoms with E-state index in [0.717, 1.165) is 34.2 Å². The zero-order valence-electron chi connectivity index (χ0n) is 27.4. The smallest absolute Gasteiger partial charge is 0.323 e. The third kappa shape index (κ3) is 7.28. The minimum Gasteiger partial charge on any atom is -0.492 e. The van der Waals surface area contributed by atoms with Gasteiger partial charge in [-0.3, -0.25) is 9.36 Å². The van der Waals surface area contributed by atoms with Crippen molar-refractivity contribution in [1.29, 1.82) is 0 Å². The van der Waals surface area contributed by atoms with E-state index in [1.807, 2.05) is 54.6 Å². The van der Waals surface area contributed by atoms with Gasteiger partial charge in [0.05, 0.1) is 6.54 Å². The number of aryl methyl sites for hydroxylation is 1. The molecule has 0 atom stereocenters. The Morgan fingerprint density at radius 1 is 0.891 bits per heavy atom. The quantitative estimate of drug-likeness (QED) is 0.148. The third-order valence-corrected chi connectivity index (χ3v) is 7.98. The number of nitrogens with one attached hydrogen (secondary N) is 2. The summed E-state index contributed by atoms with van der Waals surface area (Å²) in [5.74, 6) is 1.38. The molecule has 46 heavy (non-hydrogen) atoms. The van der Waals surface area contributed by atoms with Gasteiger partial charge in [0.15, 0.2) is 0 Å². The second-order valence-corrected chi connectivity index (χ2v) is 12.5. The molecule has 240 valence electrons. The van der Waals surface area contributed by atoms with Gasteiger partial charge in [0, 0.05) is 29.4 Å². The normalized spacial score (nSPS) is 11.5. The standard InChI is InChI=1S/C36H43N7O3/c1-23(2)15-17-43-34-30(14-9-16-38-34)31(26-10-7-11-27(20-26)46-19-18-42-22-37-21-39-42)33(35(43)44)41-36(45)40-32-28(24(3)4)12-8-13-29(32)25(5)6/h7-14,16,20-25H,15,17-19H2,1-6H3,(H2,40,41,45). The van der Waals surface area contributed by atoms with E-state index >= 15 is 0 Å². The largest absolute Gasteiger partial charge is 0.492 e. The van der Waals surface area contributed by atoms with Crippen molar-refractivity contribution in [3.8, 4) is 16.9 Å². The Kier molecular flexibility index (Phi) is 10.1. The van der Waals surface area contributed by atoms with Crippen LogP contribution in [0.3, 0.4) is 0 Å². The van der Waals surface area contributed by atoms with Gasteiger partial charge in [0.2, 0.25) is 0 Å². The number of nitrogens with zero attached hydrogens (tertiary/aromatic N) is 5. The number of fused-ring (bicyclic) bond motifs is 1. The van der Waals surface area contributed by atoms with Gasteiger partial charge in [0.1, 0.15) is 36.3 Å². The maximum atomic E-state index is 14.3. The number of hydrogen-bond acceptors (Lipinski definition) is 6. The molecule has 2 aromatic carbocycles. The lowest BCUT2D eigenvalue weighted by Gasteiger charge is -2.22. The van der Waals surface area contributed by atoms with Gasteiger partial charge >= 0.3 is 6.03 Å². The molecular weight excluding hydrogens is 578 g/mol. The highest BCUT2D eigenvalue weighted by molar-refractivity contribution is 6.07. The van der Waals surface area contributed by atoms with E-state index in [1.165, 1.54) is 6.33 Å². The lowest BCUT2D eigenvalue weighted by atomic mass is 9.93. The zero-order chi connectivity index (χ0) is 32.8. The second kappa shape index (κ2) is 14.4. The molecule has 0 radical (unpaired) electrons. The van der Waals surface area contributed by atoms with Crippen LogP contribution in [0.15, 0.2) is 78.2 Å². The lowest BCUT2D eigenvalue weighted by Crippen LogP contribution is -2.30. The molecule has 0 bridgehead atoms. The number of rotatable bonds is 12. The molecule has 10 heteroatoms. The van der Waals surface area contributed by atoms with Crippen molar-refractivity contribution in [3.63, 3.8) is 0 Å². The number of aromatic nitrogens is 5. The zero-order valence-corrected chi connectivity index (χ0v) is 27.4. The molecular formula is C36H43N7O3. The SMILES string of the molecule is CC(C)CCn1c(=O)c(NC(=O)Nc2c(C(C)C)cccc2C(C)C)c(-c2cccc(OCCn3cncn3)c2)c2cccnc21. The molecule has 0 fully saturated rings. The lowest BCUT2D eigenvalue weighted by molar-refractivity contribution is 0.262. The number of amides is 2. The number of carbonyl (C=O) groups excluding carboxylic acids is 1. The third-order valence-electron chi connectivity index (χ3n) is 7.98. The molecule has 5 rings (SSSR count). The molecule has 0 saturated heterocycles. The van der Waals surface area contributed by atoms with Crippen molar-refractivity contribution in [2.75, 3.05) is 17.2 Å². The van der Waals surface area contributed by atoms with Crippen LogP contribution in [0.5, 0.6) is 5.75 Å². The van der Waals surface area contributed by atoms with E-state index in [1.54, 1.807) is 21.8 Å². The minimum absolute atomic E-state index is 0.189. The van der Waals surface area contributed by atoms with Crippen LogP contribution in [0.2, 0.25) is 0 Å². The summed E-state index contributed by atoms with van der Waals surface area (Å²) in [4.78, 5) is 36.8. The van der Waals surface area contributed by atoms with Crippen LogP contribution in [0.1, 0.15) is 70.9 Å². The number of benzene rings is 2. The highest BCUT2D eigenvalue weighted by Gasteiger charge is 2.23. The first-order valence-electron chi connectivity index (χ1n) is 15.9.